The van der Waals surface area contributed by atoms with Crippen LogP contribution in [0.4, 0.5) is 0 Å². The lowest BCUT2D eigenvalue weighted by molar-refractivity contribution is 0.468. The van der Waals surface area contributed by atoms with Crippen LogP contribution in [0.1, 0.15) is 48.5 Å². The first-order chi connectivity index (χ1) is 9.20. The van der Waals surface area contributed by atoms with Crippen LogP contribution in [0.5, 0.6) is 0 Å². The molecule has 0 spiro atoms. The molecule has 0 bridgehead atoms. The lowest BCUT2D eigenvalue weighted by atomic mass is 10.00. The van der Waals surface area contributed by atoms with Crippen LogP contribution in [0, 0.1) is 13.8 Å². The van der Waals surface area contributed by atoms with Crippen molar-refractivity contribution in [3.05, 3.63) is 45.5 Å². The fourth-order valence-electron chi connectivity index (χ4n) is 2.43. The first-order valence-electron chi connectivity index (χ1n) is 7.02. The van der Waals surface area contributed by atoms with Crippen LogP contribution in [0.15, 0.2) is 27.3 Å². The van der Waals surface area contributed by atoms with Gasteiger partial charge in [0.2, 0.25) is 0 Å². The molecule has 1 N–H and O–H groups in total. The van der Waals surface area contributed by atoms with Crippen LogP contribution in [0.3, 0.4) is 0 Å². The molecule has 3 heteroatoms. The van der Waals surface area contributed by atoms with Crippen LogP contribution in [0.2, 0.25) is 0 Å². The van der Waals surface area contributed by atoms with Gasteiger partial charge in [-0.1, -0.05) is 6.92 Å². The van der Waals surface area contributed by atoms with Gasteiger partial charge < -0.3 is 9.73 Å². The van der Waals surface area contributed by atoms with E-state index in [-0.39, 0.29) is 0 Å². The first-order valence-corrected chi connectivity index (χ1v) is 7.96. The van der Waals surface area contributed by atoms with E-state index in [9.17, 15) is 0 Å². The monoisotopic (exact) mass is 277 g/mol. The zero-order valence-corrected chi connectivity index (χ0v) is 12.8. The fourth-order valence-corrected chi connectivity index (χ4v) is 3.13. The maximum absolute atomic E-state index is 5.67. The Hall–Kier alpha value is -1.06. The summed E-state index contributed by atoms with van der Waals surface area (Å²) < 4.78 is 5.67. The van der Waals surface area contributed by atoms with E-state index in [0.717, 1.165) is 37.3 Å². The zero-order chi connectivity index (χ0) is 13.7. The Balaban J connectivity index is 2.04. The molecule has 1 unspecified atom stereocenters. The number of rotatable bonds is 7. The number of thiophene rings is 1. The fraction of sp³-hybridized carbons (Fsp3) is 0.500. The van der Waals surface area contributed by atoms with Crippen molar-refractivity contribution >= 4 is 11.3 Å². The van der Waals surface area contributed by atoms with E-state index in [1.54, 1.807) is 11.3 Å². The van der Waals surface area contributed by atoms with Crippen LogP contribution in [0.25, 0.3) is 0 Å². The number of furan rings is 1. The third-order valence-corrected chi connectivity index (χ3v) is 4.13. The first kappa shape index (κ1) is 14.4. The van der Waals surface area contributed by atoms with E-state index in [2.05, 4.69) is 42.1 Å². The van der Waals surface area contributed by atoms with Gasteiger partial charge in [0.1, 0.15) is 11.5 Å². The summed E-state index contributed by atoms with van der Waals surface area (Å²) in [6, 6.07) is 4.79. The van der Waals surface area contributed by atoms with E-state index in [1.807, 2.05) is 6.92 Å². The molecule has 0 saturated carbocycles. The second-order valence-corrected chi connectivity index (χ2v) is 5.83. The van der Waals surface area contributed by atoms with Crippen LogP contribution in [-0.2, 0) is 6.42 Å². The van der Waals surface area contributed by atoms with Gasteiger partial charge in [-0.2, -0.15) is 11.3 Å². The maximum atomic E-state index is 5.67. The molecule has 0 aliphatic carbocycles. The quantitative estimate of drug-likeness (QED) is 0.798. The van der Waals surface area contributed by atoms with E-state index >= 15 is 0 Å². The molecule has 0 saturated heterocycles. The van der Waals surface area contributed by atoms with Gasteiger partial charge in [-0.3, -0.25) is 0 Å². The van der Waals surface area contributed by atoms with Crippen molar-refractivity contribution in [1.82, 2.24) is 5.32 Å². The van der Waals surface area contributed by atoms with Gasteiger partial charge in [0.25, 0.3) is 0 Å². The van der Waals surface area contributed by atoms with Crippen LogP contribution in [-0.4, -0.2) is 6.54 Å². The Morgan fingerprint density at radius 1 is 1.37 bits per heavy atom. The molecule has 2 aromatic rings. The van der Waals surface area contributed by atoms with Crippen molar-refractivity contribution in [1.29, 1.82) is 0 Å². The van der Waals surface area contributed by atoms with Gasteiger partial charge in [-0.05, 0) is 68.1 Å². The minimum absolute atomic E-state index is 0.400. The molecule has 2 rings (SSSR count). The standard InChI is InChI=1S/C16H23NOS/c1-4-8-17-16(6-5-14-7-9-19-11-14)15-10-12(2)18-13(15)3/h7,9-11,16-17H,4-6,8H2,1-3H3. The van der Waals surface area contributed by atoms with Gasteiger partial charge in [0, 0.05) is 11.6 Å². The molecular formula is C16H23NOS. The Labute approximate surface area is 119 Å². The second-order valence-electron chi connectivity index (χ2n) is 5.05. The topological polar surface area (TPSA) is 25.2 Å². The predicted molar refractivity (Wildman–Crippen MR) is 81.9 cm³/mol. The lowest BCUT2D eigenvalue weighted by Gasteiger charge is -2.17. The summed E-state index contributed by atoms with van der Waals surface area (Å²) in [5, 5.41) is 8.04. The molecular weight excluding hydrogens is 254 g/mol. The van der Waals surface area contributed by atoms with Gasteiger partial charge in [0.15, 0.2) is 0 Å². The summed E-state index contributed by atoms with van der Waals surface area (Å²) in [5.41, 5.74) is 2.76. The highest BCUT2D eigenvalue weighted by atomic mass is 32.1. The SMILES string of the molecule is CCCNC(CCc1ccsc1)c1cc(C)oc1C. The summed E-state index contributed by atoms with van der Waals surface area (Å²) in [6.45, 7) is 7.34. The van der Waals surface area contributed by atoms with Crippen molar-refractivity contribution < 1.29 is 4.42 Å². The third kappa shape index (κ3) is 3.95. The smallest absolute Gasteiger partial charge is 0.105 e. The minimum Gasteiger partial charge on any atom is -0.466 e. The highest BCUT2D eigenvalue weighted by Crippen LogP contribution is 2.26. The molecule has 2 nitrogen and oxygen atoms in total. The van der Waals surface area contributed by atoms with E-state index < -0.39 is 0 Å². The molecule has 1 atom stereocenters. The highest BCUT2D eigenvalue weighted by molar-refractivity contribution is 7.07. The summed E-state index contributed by atoms with van der Waals surface area (Å²) in [6.07, 6.45) is 3.40. The predicted octanol–water partition coefficient (Wildman–Crippen LogP) is 4.63. The van der Waals surface area contributed by atoms with Crippen LogP contribution < -0.4 is 5.32 Å². The Kier molecular flexibility index (Phi) is 5.23. The van der Waals surface area contributed by atoms with Crippen LogP contribution >= 0.6 is 11.3 Å². The number of nitrogens with one attached hydrogen (secondary N) is 1. The molecule has 2 aromatic heterocycles. The molecule has 2 heterocycles. The Morgan fingerprint density at radius 3 is 2.79 bits per heavy atom. The summed E-state index contributed by atoms with van der Waals surface area (Å²) in [5.74, 6) is 2.06. The van der Waals surface area contributed by atoms with Crippen molar-refractivity contribution in [3.63, 3.8) is 0 Å². The van der Waals surface area contributed by atoms with Crippen molar-refractivity contribution in [2.24, 2.45) is 0 Å². The molecule has 0 fully saturated rings. The summed E-state index contributed by atoms with van der Waals surface area (Å²) in [4.78, 5) is 0. The van der Waals surface area contributed by atoms with E-state index in [0.29, 0.717) is 6.04 Å². The van der Waals surface area contributed by atoms with Gasteiger partial charge in [-0.25, -0.2) is 0 Å². The Morgan fingerprint density at radius 2 is 2.21 bits per heavy atom. The summed E-state index contributed by atoms with van der Waals surface area (Å²) >= 11 is 1.77. The Bertz CT molecular complexity index is 487. The average Bonchev–Trinajstić information content (AvgIpc) is 3.00. The number of hydrogen-bond acceptors (Lipinski definition) is 3. The third-order valence-electron chi connectivity index (χ3n) is 3.40. The van der Waals surface area contributed by atoms with Gasteiger partial charge in [-0.15, -0.1) is 0 Å². The molecule has 104 valence electrons. The second kappa shape index (κ2) is 6.92. The van der Waals surface area contributed by atoms with E-state index in [4.69, 9.17) is 4.42 Å². The van der Waals surface area contributed by atoms with Crippen molar-refractivity contribution in [2.45, 2.75) is 46.1 Å². The molecule has 19 heavy (non-hydrogen) atoms. The number of hydrogen-bond donors (Lipinski definition) is 1. The highest BCUT2D eigenvalue weighted by Gasteiger charge is 2.16. The molecule has 0 radical (unpaired) electrons. The average molecular weight is 277 g/mol. The van der Waals surface area contributed by atoms with Crippen molar-refractivity contribution in [2.75, 3.05) is 6.54 Å². The molecule has 0 aliphatic heterocycles. The molecule has 0 aromatic carbocycles. The zero-order valence-electron chi connectivity index (χ0n) is 12.0. The number of aryl methyl sites for hydroxylation is 3. The summed E-state index contributed by atoms with van der Waals surface area (Å²) in [7, 11) is 0. The normalized spacial score (nSPS) is 12.8. The van der Waals surface area contributed by atoms with Crippen molar-refractivity contribution in [3.8, 4) is 0 Å². The van der Waals surface area contributed by atoms with E-state index in [1.165, 1.54) is 11.1 Å². The molecule has 0 amide bonds. The van der Waals surface area contributed by atoms with Gasteiger partial charge in [0.05, 0.1) is 0 Å². The maximum Gasteiger partial charge on any atom is 0.105 e. The largest absolute Gasteiger partial charge is 0.466 e. The minimum atomic E-state index is 0.400. The van der Waals surface area contributed by atoms with Gasteiger partial charge >= 0.3 is 0 Å². The lowest BCUT2D eigenvalue weighted by Crippen LogP contribution is -2.22. The molecule has 0 aliphatic rings.